The Hall–Kier alpha value is -3.33. The second-order valence-corrected chi connectivity index (χ2v) is 10.3. The van der Waals surface area contributed by atoms with Crippen LogP contribution in [0.1, 0.15) is 62.2 Å². The van der Waals surface area contributed by atoms with Crippen molar-refractivity contribution < 1.29 is 24.2 Å². The van der Waals surface area contributed by atoms with Gasteiger partial charge in [-0.3, -0.25) is 9.69 Å². The Morgan fingerprint density at radius 1 is 1.14 bits per heavy atom. The SMILES string of the molecule is COC(=O)N1c2ccc3c(nc(Cc4ccc(Cl)c(OC)n4)n3[C@@H]3CCC[C@@H](C(=O)O)C3)c2CC[C@@H]1C. The molecule has 1 saturated carbocycles. The maximum Gasteiger partial charge on any atom is 0.414 e. The Balaban J connectivity index is 1.65. The van der Waals surface area contributed by atoms with Crippen LogP contribution in [0.4, 0.5) is 10.5 Å². The van der Waals surface area contributed by atoms with Crippen LogP contribution in [-0.2, 0) is 22.4 Å². The lowest BCUT2D eigenvalue weighted by Crippen LogP contribution is -2.42. The van der Waals surface area contributed by atoms with E-state index in [2.05, 4.69) is 9.55 Å². The molecule has 0 spiro atoms. The number of ether oxygens (including phenoxy) is 2. The van der Waals surface area contributed by atoms with Crippen LogP contribution in [0, 0.1) is 5.92 Å². The fourth-order valence-corrected chi connectivity index (χ4v) is 6.03. The predicted molar refractivity (Wildman–Crippen MR) is 140 cm³/mol. The first-order chi connectivity index (χ1) is 17.8. The summed E-state index contributed by atoms with van der Waals surface area (Å²) in [5, 5.41) is 10.2. The van der Waals surface area contributed by atoms with Crippen LogP contribution in [0.3, 0.4) is 0 Å². The maximum absolute atomic E-state index is 12.6. The van der Waals surface area contributed by atoms with Gasteiger partial charge in [0, 0.05) is 24.1 Å². The number of hydrogen-bond acceptors (Lipinski definition) is 6. The quantitative estimate of drug-likeness (QED) is 0.473. The van der Waals surface area contributed by atoms with E-state index >= 15 is 0 Å². The van der Waals surface area contributed by atoms with Crippen LogP contribution in [0.15, 0.2) is 24.3 Å². The molecule has 1 aliphatic heterocycles. The molecule has 1 amide bonds. The van der Waals surface area contributed by atoms with Crippen LogP contribution in [0.25, 0.3) is 11.0 Å². The zero-order valence-electron chi connectivity index (χ0n) is 21.2. The molecule has 3 heterocycles. The van der Waals surface area contributed by atoms with E-state index in [9.17, 15) is 14.7 Å². The Kier molecular flexibility index (Phi) is 6.98. The third-order valence-electron chi connectivity index (χ3n) is 7.66. The molecule has 9 nitrogen and oxygen atoms in total. The summed E-state index contributed by atoms with van der Waals surface area (Å²) < 4.78 is 12.6. The van der Waals surface area contributed by atoms with E-state index in [0.29, 0.717) is 30.2 Å². The highest BCUT2D eigenvalue weighted by atomic mass is 35.5. The van der Waals surface area contributed by atoms with Crippen molar-refractivity contribution >= 4 is 40.4 Å². The molecule has 0 saturated heterocycles. The molecule has 3 atom stereocenters. The van der Waals surface area contributed by atoms with Gasteiger partial charge in [-0.05, 0) is 63.3 Å². The number of halogens is 1. The van der Waals surface area contributed by atoms with Crippen molar-refractivity contribution in [1.82, 2.24) is 14.5 Å². The Bertz CT molecular complexity index is 1360. The molecule has 0 radical (unpaired) electrons. The molecule has 196 valence electrons. The molecular weight excluding hydrogens is 496 g/mol. The van der Waals surface area contributed by atoms with Crippen molar-refractivity contribution in [1.29, 1.82) is 0 Å². The number of carbonyl (C=O) groups excluding carboxylic acids is 1. The number of carboxylic acid groups (broad SMARTS) is 1. The minimum atomic E-state index is -0.750. The summed E-state index contributed by atoms with van der Waals surface area (Å²) in [6, 6.07) is 7.59. The van der Waals surface area contributed by atoms with Crippen molar-refractivity contribution in [2.24, 2.45) is 5.92 Å². The van der Waals surface area contributed by atoms with Crippen molar-refractivity contribution in [3.63, 3.8) is 0 Å². The lowest BCUT2D eigenvalue weighted by Gasteiger charge is -2.34. The van der Waals surface area contributed by atoms with Gasteiger partial charge in [-0.1, -0.05) is 18.0 Å². The number of amides is 1. The van der Waals surface area contributed by atoms with Crippen LogP contribution in [0.2, 0.25) is 5.02 Å². The summed E-state index contributed by atoms with van der Waals surface area (Å²) in [5.74, 6) is 0.0241. The Morgan fingerprint density at radius 2 is 1.95 bits per heavy atom. The molecule has 0 unspecified atom stereocenters. The molecule has 10 heteroatoms. The average Bonchev–Trinajstić information content (AvgIpc) is 3.27. The molecular formula is C27H31ClN4O5. The predicted octanol–water partition coefficient (Wildman–Crippen LogP) is 5.41. The molecule has 1 N–H and O–H groups in total. The fourth-order valence-electron chi connectivity index (χ4n) is 5.84. The van der Waals surface area contributed by atoms with E-state index in [0.717, 1.165) is 59.5 Å². The number of methoxy groups -OCH3 is 2. The van der Waals surface area contributed by atoms with Crippen molar-refractivity contribution in [3.8, 4) is 5.88 Å². The van der Waals surface area contributed by atoms with Gasteiger partial charge in [0.05, 0.1) is 42.6 Å². The number of aliphatic carboxylic acids is 1. The van der Waals surface area contributed by atoms with E-state index in [1.165, 1.54) is 14.2 Å². The van der Waals surface area contributed by atoms with Crippen molar-refractivity contribution in [3.05, 3.63) is 46.4 Å². The number of fused-ring (bicyclic) bond motifs is 3. The Labute approximate surface area is 220 Å². The van der Waals surface area contributed by atoms with Gasteiger partial charge in [-0.15, -0.1) is 0 Å². The van der Waals surface area contributed by atoms with Gasteiger partial charge in [0.1, 0.15) is 10.8 Å². The third-order valence-corrected chi connectivity index (χ3v) is 7.95. The largest absolute Gasteiger partial charge is 0.481 e. The summed E-state index contributed by atoms with van der Waals surface area (Å²) in [7, 11) is 2.92. The number of hydrogen-bond donors (Lipinski definition) is 1. The normalized spacial score (nSPS) is 21.5. The number of anilines is 1. The van der Waals surface area contributed by atoms with Gasteiger partial charge >= 0.3 is 12.1 Å². The van der Waals surface area contributed by atoms with Crippen LogP contribution >= 0.6 is 11.6 Å². The van der Waals surface area contributed by atoms with Gasteiger partial charge < -0.3 is 19.1 Å². The van der Waals surface area contributed by atoms with E-state index < -0.39 is 5.97 Å². The molecule has 37 heavy (non-hydrogen) atoms. The highest BCUT2D eigenvalue weighted by Gasteiger charge is 2.34. The fraction of sp³-hybridized carbons (Fsp3) is 0.481. The van der Waals surface area contributed by atoms with Gasteiger partial charge in [0.25, 0.3) is 0 Å². The first-order valence-electron chi connectivity index (χ1n) is 12.6. The zero-order chi connectivity index (χ0) is 26.3. The minimum absolute atomic E-state index is 0.00122. The summed E-state index contributed by atoms with van der Waals surface area (Å²) >= 11 is 6.20. The molecule has 1 aromatic carbocycles. The lowest BCUT2D eigenvalue weighted by molar-refractivity contribution is -0.143. The molecule has 1 fully saturated rings. The molecule has 1 aliphatic carbocycles. The molecule has 2 aromatic heterocycles. The third kappa shape index (κ3) is 4.61. The van der Waals surface area contributed by atoms with Crippen LogP contribution in [0.5, 0.6) is 5.88 Å². The first-order valence-corrected chi connectivity index (χ1v) is 13.0. The topological polar surface area (TPSA) is 107 Å². The minimum Gasteiger partial charge on any atom is -0.481 e. The highest BCUT2D eigenvalue weighted by molar-refractivity contribution is 6.31. The van der Waals surface area contributed by atoms with E-state index in [1.54, 1.807) is 11.0 Å². The molecule has 2 aliphatic rings. The molecule has 0 bridgehead atoms. The van der Waals surface area contributed by atoms with Gasteiger partial charge in [0.2, 0.25) is 5.88 Å². The van der Waals surface area contributed by atoms with Crippen molar-refractivity contribution in [2.45, 2.75) is 64.0 Å². The number of carboxylic acids is 1. The van der Waals surface area contributed by atoms with Gasteiger partial charge in [-0.2, -0.15) is 0 Å². The number of rotatable bonds is 5. The van der Waals surface area contributed by atoms with E-state index in [1.807, 2.05) is 25.1 Å². The van der Waals surface area contributed by atoms with Gasteiger partial charge in [-0.25, -0.2) is 14.8 Å². The second-order valence-electron chi connectivity index (χ2n) is 9.88. The number of nitrogens with zero attached hydrogens (tertiary/aromatic N) is 4. The second kappa shape index (κ2) is 10.2. The number of benzene rings is 1. The Morgan fingerprint density at radius 3 is 2.68 bits per heavy atom. The van der Waals surface area contributed by atoms with Gasteiger partial charge in [0.15, 0.2) is 0 Å². The number of carbonyl (C=O) groups is 2. The zero-order valence-corrected chi connectivity index (χ0v) is 22.0. The van der Waals surface area contributed by atoms with E-state index in [-0.39, 0.29) is 24.1 Å². The monoisotopic (exact) mass is 526 g/mol. The molecule has 3 aromatic rings. The van der Waals surface area contributed by atoms with Crippen molar-refractivity contribution in [2.75, 3.05) is 19.1 Å². The standard InChI is InChI=1S/C27H31ClN4O5/c1-15-7-9-19-21(31(15)27(35)37-3)11-12-22-24(19)30-23(14-17-8-10-20(28)25(29-17)36-2)32(22)18-6-4-5-16(13-18)26(33)34/h8,10-12,15-16,18H,4-7,9,13-14H2,1-3H3,(H,33,34)/t15-,16+,18+/m0/s1. The molecule has 5 rings (SSSR count). The number of pyridine rings is 1. The first kappa shape index (κ1) is 25.3. The van der Waals surface area contributed by atoms with Crippen LogP contribution < -0.4 is 9.64 Å². The summed E-state index contributed by atoms with van der Waals surface area (Å²) in [5.41, 5.74) is 4.36. The number of imidazole rings is 1. The average molecular weight is 527 g/mol. The van der Waals surface area contributed by atoms with E-state index in [4.69, 9.17) is 26.1 Å². The maximum atomic E-state index is 12.6. The lowest BCUT2D eigenvalue weighted by atomic mass is 9.85. The summed E-state index contributed by atoms with van der Waals surface area (Å²) in [6.45, 7) is 2.02. The number of aromatic nitrogens is 3. The number of aryl methyl sites for hydroxylation is 1. The summed E-state index contributed by atoms with van der Waals surface area (Å²) in [6.07, 6.45) is 4.58. The highest BCUT2D eigenvalue weighted by Crippen LogP contribution is 2.41. The van der Waals surface area contributed by atoms with Crippen LogP contribution in [-0.4, -0.2) is 52.0 Å². The smallest absolute Gasteiger partial charge is 0.414 e. The summed E-state index contributed by atoms with van der Waals surface area (Å²) in [4.78, 5) is 35.8.